The molecule has 0 aromatic heterocycles. The first kappa shape index (κ1) is 19.9. The van der Waals surface area contributed by atoms with Crippen molar-refractivity contribution in [2.45, 2.75) is 38.5 Å². The van der Waals surface area contributed by atoms with Gasteiger partial charge >= 0.3 is 11.9 Å². The van der Waals surface area contributed by atoms with Crippen molar-refractivity contribution in [1.82, 2.24) is 10.6 Å². The minimum absolute atomic E-state index is 0.261. The third-order valence-electron chi connectivity index (χ3n) is 2.81. The second-order valence-electron chi connectivity index (χ2n) is 4.62. The molecule has 2 amide bonds. The van der Waals surface area contributed by atoms with Crippen molar-refractivity contribution in [2.24, 2.45) is 0 Å². The van der Waals surface area contributed by atoms with E-state index in [4.69, 9.17) is 0 Å². The van der Waals surface area contributed by atoms with Gasteiger partial charge in [-0.1, -0.05) is 12.8 Å². The molecule has 0 saturated heterocycles. The molecule has 0 radical (unpaired) electrons. The molecule has 0 heterocycles. The molecule has 0 rings (SSSR count). The maximum atomic E-state index is 11.2. The molecule has 0 atom stereocenters. The van der Waals surface area contributed by atoms with Crippen LogP contribution in [0.2, 0.25) is 0 Å². The predicted molar refractivity (Wildman–Crippen MR) is 77.8 cm³/mol. The Morgan fingerprint density at radius 2 is 1.05 bits per heavy atom. The molecule has 0 fully saturated rings. The number of rotatable bonds is 11. The first-order valence-electron chi connectivity index (χ1n) is 7.16. The Hall–Kier alpha value is -2.12. The lowest BCUT2D eigenvalue weighted by molar-refractivity contribution is -0.145. The summed E-state index contributed by atoms with van der Waals surface area (Å²) in [5.41, 5.74) is 0. The minimum atomic E-state index is -0.555. The third-order valence-corrected chi connectivity index (χ3v) is 2.81. The van der Waals surface area contributed by atoms with E-state index in [1.54, 1.807) is 0 Å². The number of amides is 2. The first-order valence-corrected chi connectivity index (χ1v) is 7.16. The van der Waals surface area contributed by atoms with Gasteiger partial charge in [-0.15, -0.1) is 0 Å². The van der Waals surface area contributed by atoms with Crippen molar-refractivity contribution in [3.63, 3.8) is 0 Å². The second kappa shape index (κ2) is 12.6. The van der Waals surface area contributed by atoms with Gasteiger partial charge in [-0.05, 0) is 12.8 Å². The SMILES string of the molecule is COC(=O)CC(=O)NCCCCCCNC(=O)CC(=O)OC. The molecule has 126 valence electrons. The number of carbonyl (C=O) groups is 4. The van der Waals surface area contributed by atoms with Crippen LogP contribution in [0.5, 0.6) is 0 Å². The van der Waals surface area contributed by atoms with E-state index < -0.39 is 11.9 Å². The van der Waals surface area contributed by atoms with Crippen molar-refractivity contribution >= 4 is 23.8 Å². The summed E-state index contributed by atoms with van der Waals surface area (Å²) in [5.74, 6) is -1.80. The normalized spacial score (nSPS) is 9.73. The van der Waals surface area contributed by atoms with Gasteiger partial charge in [0, 0.05) is 13.1 Å². The Morgan fingerprint density at radius 1 is 0.682 bits per heavy atom. The summed E-state index contributed by atoms with van der Waals surface area (Å²) in [6.45, 7) is 1.01. The van der Waals surface area contributed by atoms with Crippen LogP contribution in [-0.4, -0.2) is 51.1 Å². The Morgan fingerprint density at radius 3 is 1.36 bits per heavy atom. The third kappa shape index (κ3) is 11.7. The molecule has 8 nitrogen and oxygen atoms in total. The Balaban J connectivity index is 3.40. The number of ether oxygens (including phenoxy) is 2. The van der Waals surface area contributed by atoms with E-state index in [9.17, 15) is 19.2 Å². The fourth-order valence-electron chi connectivity index (χ4n) is 1.59. The van der Waals surface area contributed by atoms with Crippen molar-refractivity contribution in [2.75, 3.05) is 27.3 Å². The number of unbranched alkanes of at least 4 members (excludes halogenated alkanes) is 3. The maximum Gasteiger partial charge on any atom is 0.315 e. The van der Waals surface area contributed by atoms with Gasteiger partial charge in [0.2, 0.25) is 11.8 Å². The van der Waals surface area contributed by atoms with Gasteiger partial charge in [-0.2, -0.15) is 0 Å². The van der Waals surface area contributed by atoms with Gasteiger partial charge in [0.05, 0.1) is 14.2 Å². The van der Waals surface area contributed by atoms with Gasteiger partial charge in [0.1, 0.15) is 12.8 Å². The lowest BCUT2D eigenvalue weighted by Gasteiger charge is -2.06. The molecule has 22 heavy (non-hydrogen) atoms. The van der Waals surface area contributed by atoms with E-state index >= 15 is 0 Å². The van der Waals surface area contributed by atoms with Crippen molar-refractivity contribution < 1.29 is 28.7 Å². The number of esters is 2. The average molecular weight is 316 g/mol. The molecule has 0 aliphatic carbocycles. The highest BCUT2D eigenvalue weighted by Gasteiger charge is 2.09. The molecule has 0 aliphatic heterocycles. The molecule has 0 saturated carbocycles. The van der Waals surface area contributed by atoms with Crippen molar-refractivity contribution in [3.8, 4) is 0 Å². The number of carbonyl (C=O) groups excluding carboxylic acids is 4. The summed E-state index contributed by atoms with van der Waals surface area (Å²) in [5, 5.41) is 5.25. The van der Waals surface area contributed by atoms with Crippen molar-refractivity contribution in [3.05, 3.63) is 0 Å². The maximum absolute atomic E-state index is 11.2. The smallest absolute Gasteiger partial charge is 0.315 e. The van der Waals surface area contributed by atoms with E-state index in [1.807, 2.05) is 0 Å². The first-order chi connectivity index (χ1) is 10.5. The van der Waals surface area contributed by atoms with Crippen LogP contribution in [0.3, 0.4) is 0 Å². The summed E-state index contributed by atoms with van der Waals surface area (Å²) >= 11 is 0. The van der Waals surface area contributed by atoms with Crippen LogP contribution in [0.15, 0.2) is 0 Å². The van der Waals surface area contributed by atoms with E-state index in [0.717, 1.165) is 25.7 Å². The fourth-order valence-corrected chi connectivity index (χ4v) is 1.59. The molecule has 0 bridgehead atoms. The lowest BCUT2D eigenvalue weighted by Crippen LogP contribution is -2.27. The predicted octanol–water partition coefficient (Wildman–Crippen LogP) is -0.0946. The Bertz CT molecular complexity index is 348. The van der Waals surface area contributed by atoms with Gasteiger partial charge in [-0.3, -0.25) is 19.2 Å². The summed E-state index contributed by atoms with van der Waals surface area (Å²) < 4.78 is 8.76. The molecule has 2 N–H and O–H groups in total. The molecular weight excluding hydrogens is 292 g/mol. The largest absolute Gasteiger partial charge is 0.469 e. The summed E-state index contributed by atoms with van der Waals surface area (Å²) in [6.07, 6.45) is 2.86. The number of hydrogen-bond donors (Lipinski definition) is 2. The molecule has 0 unspecified atom stereocenters. The van der Waals surface area contributed by atoms with Crippen LogP contribution >= 0.6 is 0 Å². The quantitative estimate of drug-likeness (QED) is 0.313. The molecule has 0 aromatic rings. The Kier molecular flexibility index (Phi) is 11.4. The summed E-state index contributed by atoms with van der Waals surface area (Å²) in [7, 11) is 2.47. The van der Waals surface area contributed by atoms with Gasteiger partial charge in [0.25, 0.3) is 0 Å². The molecule has 0 spiro atoms. The van der Waals surface area contributed by atoms with Crippen LogP contribution in [-0.2, 0) is 28.7 Å². The molecule has 0 aliphatic rings. The zero-order chi connectivity index (χ0) is 16.8. The monoisotopic (exact) mass is 316 g/mol. The molecule has 0 aromatic carbocycles. The number of nitrogens with one attached hydrogen (secondary N) is 2. The van der Waals surface area contributed by atoms with E-state index in [2.05, 4.69) is 20.1 Å². The van der Waals surface area contributed by atoms with Crippen LogP contribution in [0.4, 0.5) is 0 Å². The highest BCUT2D eigenvalue weighted by atomic mass is 16.5. The van der Waals surface area contributed by atoms with Crippen LogP contribution < -0.4 is 10.6 Å². The van der Waals surface area contributed by atoms with Crippen LogP contribution in [0.1, 0.15) is 38.5 Å². The standard InChI is InChI=1S/C14H24N2O6/c1-21-13(19)9-11(17)15-7-5-3-4-6-8-16-12(18)10-14(20)22-2/h3-10H2,1-2H3,(H,15,17)(H,16,18). The second-order valence-corrected chi connectivity index (χ2v) is 4.62. The highest BCUT2D eigenvalue weighted by molar-refractivity contribution is 5.94. The van der Waals surface area contributed by atoms with Gasteiger partial charge < -0.3 is 20.1 Å². The zero-order valence-electron chi connectivity index (χ0n) is 13.1. The summed E-state index contributed by atoms with van der Waals surface area (Å²) in [6, 6.07) is 0. The molecular formula is C14H24N2O6. The number of hydrogen-bond acceptors (Lipinski definition) is 6. The lowest BCUT2D eigenvalue weighted by atomic mass is 10.2. The topological polar surface area (TPSA) is 111 Å². The van der Waals surface area contributed by atoms with E-state index in [-0.39, 0.29) is 24.7 Å². The Labute approximate surface area is 129 Å². The van der Waals surface area contributed by atoms with Crippen LogP contribution in [0, 0.1) is 0 Å². The highest BCUT2D eigenvalue weighted by Crippen LogP contribution is 1.98. The molecule has 8 heteroatoms. The number of methoxy groups -OCH3 is 2. The zero-order valence-corrected chi connectivity index (χ0v) is 13.1. The van der Waals surface area contributed by atoms with Crippen molar-refractivity contribution in [1.29, 1.82) is 0 Å². The van der Waals surface area contributed by atoms with Crippen LogP contribution in [0.25, 0.3) is 0 Å². The average Bonchev–Trinajstić information content (AvgIpc) is 2.49. The minimum Gasteiger partial charge on any atom is -0.469 e. The summed E-state index contributed by atoms with van der Waals surface area (Å²) in [4.78, 5) is 44.1. The van der Waals surface area contributed by atoms with Gasteiger partial charge in [-0.25, -0.2) is 0 Å². The van der Waals surface area contributed by atoms with E-state index in [0.29, 0.717) is 13.1 Å². The van der Waals surface area contributed by atoms with Gasteiger partial charge in [0.15, 0.2) is 0 Å². The van der Waals surface area contributed by atoms with E-state index in [1.165, 1.54) is 14.2 Å². The fraction of sp³-hybridized carbons (Fsp3) is 0.714.